The molecule has 1 amide bonds. The van der Waals surface area contributed by atoms with Crippen molar-refractivity contribution in [3.63, 3.8) is 0 Å². The number of carbonyl (C=O) groups is 1. The number of carbonyl (C=O) groups excluding carboxylic acids is 1. The maximum Gasteiger partial charge on any atom is 0.264 e. The van der Waals surface area contributed by atoms with Crippen LogP contribution in [0.2, 0.25) is 0 Å². The number of sulfonamides is 1. The molecule has 154 valence electrons. The van der Waals surface area contributed by atoms with Gasteiger partial charge in [0.1, 0.15) is 0 Å². The van der Waals surface area contributed by atoms with E-state index in [2.05, 4.69) is 0 Å². The van der Waals surface area contributed by atoms with Crippen molar-refractivity contribution in [2.45, 2.75) is 57.4 Å². The van der Waals surface area contributed by atoms with Gasteiger partial charge in [-0.3, -0.25) is 9.10 Å². The van der Waals surface area contributed by atoms with E-state index in [4.69, 9.17) is 0 Å². The van der Waals surface area contributed by atoms with Crippen LogP contribution in [0.3, 0.4) is 0 Å². The van der Waals surface area contributed by atoms with Crippen LogP contribution in [0.15, 0.2) is 47.4 Å². The summed E-state index contributed by atoms with van der Waals surface area (Å²) in [6.45, 7) is 6.18. The van der Waals surface area contributed by atoms with Crippen molar-refractivity contribution in [2.75, 3.05) is 15.7 Å². The molecule has 0 unspecified atom stereocenters. The molecule has 0 radical (unpaired) electrons. The second kappa shape index (κ2) is 7.48. The number of benzene rings is 2. The monoisotopic (exact) mass is 412 g/mol. The minimum absolute atomic E-state index is 0.0649. The van der Waals surface area contributed by atoms with Gasteiger partial charge >= 0.3 is 0 Å². The quantitative estimate of drug-likeness (QED) is 0.736. The summed E-state index contributed by atoms with van der Waals surface area (Å²) in [7, 11) is -3.68. The van der Waals surface area contributed by atoms with E-state index in [1.807, 2.05) is 56.0 Å². The van der Waals surface area contributed by atoms with Crippen LogP contribution in [0.5, 0.6) is 0 Å². The molecular formula is C23H28N2O3S. The lowest BCUT2D eigenvalue weighted by molar-refractivity contribution is -0.125. The molecule has 1 saturated carbocycles. The first kappa shape index (κ1) is 20.0. The Balaban J connectivity index is 1.68. The van der Waals surface area contributed by atoms with E-state index in [1.165, 1.54) is 4.31 Å². The van der Waals surface area contributed by atoms with Crippen molar-refractivity contribution >= 4 is 27.3 Å². The van der Waals surface area contributed by atoms with Crippen LogP contribution in [0.1, 0.15) is 44.2 Å². The van der Waals surface area contributed by atoms with Crippen molar-refractivity contribution in [1.82, 2.24) is 0 Å². The Morgan fingerprint density at radius 3 is 2.55 bits per heavy atom. The highest BCUT2D eigenvalue weighted by molar-refractivity contribution is 7.92. The first-order valence-electron chi connectivity index (χ1n) is 10.4. The van der Waals surface area contributed by atoms with Gasteiger partial charge in [-0.15, -0.1) is 0 Å². The summed E-state index contributed by atoms with van der Waals surface area (Å²) in [5, 5.41) is 0. The molecule has 0 bridgehead atoms. The fourth-order valence-corrected chi connectivity index (χ4v) is 5.87. The van der Waals surface area contributed by atoms with Crippen LogP contribution in [-0.4, -0.2) is 26.9 Å². The summed E-state index contributed by atoms with van der Waals surface area (Å²) in [5.74, 6) is 0.316. The highest BCUT2D eigenvalue weighted by atomic mass is 32.2. The zero-order valence-electron chi connectivity index (χ0n) is 17.3. The van der Waals surface area contributed by atoms with Crippen LogP contribution >= 0.6 is 0 Å². The molecule has 29 heavy (non-hydrogen) atoms. The van der Waals surface area contributed by atoms with Gasteiger partial charge in [0.25, 0.3) is 10.0 Å². The van der Waals surface area contributed by atoms with Crippen LogP contribution in [0.4, 0.5) is 11.4 Å². The third-order valence-corrected chi connectivity index (χ3v) is 8.02. The van der Waals surface area contributed by atoms with Gasteiger partial charge < -0.3 is 4.90 Å². The molecule has 1 fully saturated rings. The molecule has 1 aliphatic heterocycles. The number of hydrogen-bond acceptors (Lipinski definition) is 3. The fourth-order valence-electron chi connectivity index (χ4n) is 4.36. The number of nitrogens with zero attached hydrogens (tertiary/aromatic N) is 2. The molecule has 2 aliphatic rings. The molecule has 5 nitrogen and oxygen atoms in total. The van der Waals surface area contributed by atoms with Crippen molar-refractivity contribution < 1.29 is 13.2 Å². The minimum atomic E-state index is -3.68. The number of amides is 1. The molecule has 0 spiro atoms. The van der Waals surface area contributed by atoms with Crippen LogP contribution in [0, 0.1) is 12.8 Å². The van der Waals surface area contributed by atoms with E-state index in [-0.39, 0.29) is 22.8 Å². The van der Waals surface area contributed by atoms with Gasteiger partial charge in [0.2, 0.25) is 5.91 Å². The van der Waals surface area contributed by atoms with E-state index < -0.39 is 10.0 Å². The molecule has 0 N–H and O–H groups in total. The smallest absolute Gasteiger partial charge is 0.264 e. The Hall–Kier alpha value is -2.34. The van der Waals surface area contributed by atoms with Crippen molar-refractivity contribution in [3.8, 4) is 0 Å². The SMILES string of the molecule is CCN(c1cccc(C)c1)S(=O)(=O)c1ccc2c(c1)C[C@@H](C)N2C(=O)C1CCC1. The van der Waals surface area contributed by atoms with Crippen LogP contribution in [-0.2, 0) is 21.2 Å². The molecule has 1 heterocycles. The molecule has 2 aromatic rings. The highest BCUT2D eigenvalue weighted by Gasteiger charge is 2.37. The van der Waals surface area contributed by atoms with Gasteiger partial charge in [0.05, 0.1) is 10.6 Å². The third-order valence-electron chi connectivity index (χ3n) is 6.12. The molecule has 4 rings (SSSR count). The largest absolute Gasteiger partial charge is 0.309 e. The second-order valence-electron chi connectivity index (χ2n) is 8.19. The molecule has 6 heteroatoms. The maximum atomic E-state index is 13.4. The zero-order valence-corrected chi connectivity index (χ0v) is 18.1. The van der Waals surface area contributed by atoms with Gasteiger partial charge in [-0.2, -0.15) is 0 Å². The Morgan fingerprint density at radius 2 is 1.93 bits per heavy atom. The number of fused-ring (bicyclic) bond motifs is 1. The Morgan fingerprint density at radius 1 is 1.17 bits per heavy atom. The predicted octanol–water partition coefficient (Wildman–Crippen LogP) is 4.29. The van der Waals surface area contributed by atoms with Gasteiger partial charge in [0.15, 0.2) is 0 Å². The highest BCUT2D eigenvalue weighted by Crippen LogP contribution is 2.38. The van der Waals surface area contributed by atoms with Crippen molar-refractivity contribution in [3.05, 3.63) is 53.6 Å². The second-order valence-corrected chi connectivity index (χ2v) is 10.1. The Labute approximate surface area is 173 Å². The number of hydrogen-bond donors (Lipinski definition) is 0. The number of rotatable bonds is 5. The molecule has 2 aromatic carbocycles. The lowest BCUT2D eigenvalue weighted by Gasteiger charge is -2.32. The van der Waals surface area contributed by atoms with Gasteiger partial charge in [-0.05, 0) is 81.5 Å². The summed E-state index contributed by atoms with van der Waals surface area (Å²) < 4.78 is 28.2. The molecular weight excluding hydrogens is 384 g/mol. The van der Waals surface area contributed by atoms with E-state index in [9.17, 15) is 13.2 Å². The van der Waals surface area contributed by atoms with E-state index in [0.717, 1.165) is 36.1 Å². The van der Waals surface area contributed by atoms with Gasteiger partial charge in [-0.25, -0.2) is 8.42 Å². The minimum Gasteiger partial charge on any atom is -0.309 e. The Bertz CT molecular complexity index is 1040. The lowest BCUT2D eigenvalue weighted by atomic mass is 9.84. The van der Waals surface area contributed by atoms with Gasteiger partial charge in [-0.1, -0.05) is 18.6 Å². The number of aryl methyl sites for hydroxylation is 1. The molecule has 1 atom stereocenters. The summed E-state index contributed by atoms with van der Waals surface area (Å²) in [5.41, 5.74) is 3.49. The summed E-state index contributed by atoms with van der Waals surface area (Å²) >= 11 is 0. The maximum absolute atomic E-state index is 13.4. The summed E-state index contributed by atoms with van der Waals surface area (Å²) in [6, 6.07) is 12.8. The standard InChI is InChI=1S/C23H28N2O3S/c1-4-24(20-10-5-7-16(2)13-20)29(27,28)21-11-12-22-19(15-21)14-17(3)25(22)23(26)18-8-6-9-18/h5,7,10-13,15,17-18H,4,6,8-9,14H2,1-3H3/t17-/m1/s1. The van der Waals surface area contributed by atoms with Gasteiger partial charge in [0, 0.05) is 24.2 Å². The summed E-state index contributed by atoms with van der Waals surface area (Å²) in [6.07, 6.45) is 3.74. The van der Waals surface area contributed by atoms with Crippen molar-refractivity contribution in [1.29, 1.82) is 0 Å². The average molecular weight is 413 g/mol. The van der Waals surface area contributed by atoms with E-state index in [0.29, 0.717) is 18.7 Å². The molecule has 0 saturated heterocycles. The van der Waals surface area contributed by atoms with E-state index >= 15 is 0 Å². The first-order valence-corrected chi connectivity index (χ1v) is 11.8. The topological polar surface area (TPSA) is 57.7 Å². The molecule has 1 aliphatic carbocycles. The average Bonchev–Trinajstić information content (AvgIpc) is 2.95. The summed E-state index contributed by atoms with van der Waals surface area (Å²) in [4.78, 5) is 15.0. The Kier molecular flexibility index (Phi) is 5.15. The molecule has 0 aromatic heterocycles. The van der Waals surface area contributed by atoms with Crippen molar-refractivity contribution in [2.24, 2.45) is 5.92 Å². The fraction of sp³-hybridized carbons (Fsp3) is 0.435. The van der Waals surface area contributed by atoms with Crippen LogP contribution < -0.4 is 9.21 Å². The lowest BCUT2D eigenvalue weighted by Crippen LogP contribution is -2.42. The first-order chi connectivity index (χ1) is 13.8. The van der Waals surface area contributed by atoms with Crippen LogP contribution in [0.25, 0.3) is 0 Å². The normalized spacial score (nSPS) is 19.0. The zero-order chi connectivity index (χ0) is 20.8. The predicted molar refractivity (Wildman–Crippen MR) is 116 cm³/mol. The number of anilines is 2. The van der Waals surface area contributed by atoms with E-state index in [1.54, 1.807) is 12.1 Å². The third kappa shape index (κ3) is 3.44.